The van der Waals surface area contributed by atoms with Gasteiger partial charge in [0.2, 0.25) is 0 Å². The van der Waals surface area contributed by atoms with Gasteiger partial charge in [0.1, 0.15) is 11.5 Å². The van der Waals surface area contributed by atoms with Crippen molar-refractivity contribution in [1.29, 1.82) is 0 Å². The molecule has 0 spiro atoms. The zero-order valence-corrected chi connectivity index (χ0v) is 13.2. The molecule has 0 aliphatic heterocycles. The largest absolute Gasteiger partial charge is 0.507 e. The zero-order valence-electron chi connectivity index (χ0n) is 13.2. The quantitative estimate of drug-likeness (QED) is 0.628. The van der Waals surface area contributed by atoms with E-state index in [1.54, 1.807) is 20.8 Å². The van der Waals surface area contributed by atoms with Gasteiger partial charge in [0.25, 0.3) is 0 Å². The Balaban J connectivity index is 2.38. The normalized spacial score (nSPS) is 17.5. The third kappa shape index (κ3) is 3.13. The number of carbonyl (C=O) groups excluding carboxylic acids is 2. The van der Waals surface area contributed by atoms with E-state index >= 15 is 0 Å². The fourth-order valence-electron chi connectivity index (χ4n) is 2.42. The Labute approximate surface area is 133 Å². The second kappa shape index (κ2) is 5.79. The number of carbonyl (C=O) groups is 2. The second-order valence-electron chi connectivity index (χ2n) is 6.78. The number of hydrogen-bond acceptors (Lipinski definition) is 6. The van der Waals surface area contributed by atoms with Crippen LogP contribution in [0.1, 0.15) is 47.9 Å². The minimum atomic E-state index is -1.35. The molecular weight excluding hydrogens is 300 g/mol. The maximum Gasteiger partial charge on any atom is 0.196 e. The first-order chi connectivity index (χ1) is 10.5. The summed E-state index contributed by atoms with van der Waals surface area (Å²) in [6.45, 7) is 5.35. The van der Waals surface area contributed by atoms with Crippen LogP contribution in [0.2, 0.25) is 0 Å². The molecule has 2 atom stereocenters. The van der Waals surface area contributed by atoms with Crippen LogP contribution in [0.5, 0.6) is 11.5 Å². The Kier molecular flexibility index (Phi) is 4.32. The molecule has 0 heterocycles. The van der Waals surface area contributed by atoms with Crippen molar-refractivity contribution in [2.24, 2.45) is 5.41 Å². The Morgan fingerprint density at radius 2 is 1.52 bits per heavy atom. The van der Waals surface area contributed by atoms with E-state index in [-0.39, 0.29) is 23.1 Å². The molecule has 23 heavy (non-hydrogen) atoms. The molecule has 1 aromatic rings. The molecule has 4 N–H and O–H groups in total. The van der Waals surface area contributed by atoms with Crippen molar-refractivity contribution in [3.05, 3.63) is 34.9 Å². The predicted molar refractivity (Wildman–Crippen MR) is 82.6 cm³/mol. The molecule has 2 unspecified atom stereocenters. The van der Waals surface area contributed by atoms with Gasteiger partial charge >= 0.3 is 0 Å². The van der Waals surface area contributed by atoms with Gasteiger partial charge in [-0.3, -0.25) is 9.59 Å². The number of rotatable bonds is 3. The van der Waals surface area contributed by atoms with Crippen molar-refractivity contribution < 1.29 is 30.0 Å². The van der Waals surface area contributed by atoms with Crippen molar-refractivity contribution in [3.63, 3.8) is 0 Å². The van der Waals surface area contributed by atoms with Gasteiger partial charge in [-0.25, -0.2) is 0 Å². The van der Waals surface area contributed by atoms with E-state index in [1.165, 1.54) is 0 Å². The lowest BCUT2D eigenvalue weighted by molar-refractivity contribution is 0.0225. The molecule has 0 fully saturated rings. The number of ketones is 2. The molecule has 0 saturated heterocycles. The van der Waals surface area contributed by atoms with Crippen molar-refractivity contribution in [1.82, 2.24) is 0 Å². The molecule has 0 radical (unpaired) electrons. The van der Waals surface area contributed by atoms with E-state index in [1.807, 2.05) is 0 Å². The van der Waals surface area contributed by atoms with Crippen LogP contribution in [-0.4, -0.2) is 44.2 Å². The average Bonchev–Trinajstić information content (AvgIpc) is 2.44. The lowest BCUT2D eigenvalue weighted by atomic mass is 9.81. The summed E-state index contributed by atoms with van der Waals surface area (Å²) in [7, 11) is 0. The number of allylic oxidation sites excluding steroid dienone is 1. The van der Waals surface area contributed by atoms with Crippen molar-refractivity contribution in [3.8, 4) is 11.5 Å². The van der Waals surface area contributed by atoms with E-state index in [9.17, 15) is 30.0 Å². The van der Waals surface area contributed by atoms with Crippen molar-refractivity contribution >= 4 is 11.6 Å². The Hall–Kier alpha value is -2.18. The minimum absolute atomic E-state index is 0.122. The SMILES string of the molecule is CC(C)(C)C(O)CC(O)C1=CC(=O)c2c(O)ccc(O)c2C1=O. The number of aliphatic hydroxyl groups is 2. The molecule has 1 aliphatic carbocycles. The molecule has 0 aromatic heterocycles. The van der Waals surface area contributed by atoms with Gasteiger partial charge < -0.3 is 20.4 Å². The van der Waals surface area contributed by atoms with Crippen LogP contribution >= 0.6 is 0 Å². The fraction of sp³-hybridized carbons (Fsp3) is 0.412. The van der Waals surface area contributed by atoms with Gasteiger partial charge in [0, 0.05) is 12.0 Å². The number of aromatic hydroxyl groups is 2. The van der Waals surface area contributed by atoms with Crippen LogP contribution in [0.15, 0.2) is 23.8 Å². The maximum absolute atomic E-state index is 12.5. The maximum atomic E-state index is 12.5. The third-order valence-corrected chi connectivity index (χ3v) is 3.99. The highest BCUT2D eigenvalue weighted by atomic mass is 16.3. The topological polar surface area (TPSA) is 115 Å². The molecular formula is C17H20O6. The fourth-order valence-corrected chi connectivity index (χ4v) is 2.42. The lowest BCUT2D eigenvalue weighted by Gasteiger charge is -2.29. The Morgan fingerprint density at radius 3 is 2.04 bits per heavy atom. The first-order valence-corrected chi connectivity index (χ1v) is 7.25. The number of benzene rings is 1. The van der Waals surface area contributed by atoms with E-state index in [2.05, 4.69) is 0 Å². The summed E-state index contributed by atoms with van der Waals surface area (Å²) >= 11 is 0. The van der Waals surface area contributed by atoms with Crippen LogP contribution in [0.4, 0.5) is 0 Å². The van der Waals surface area contributed by atoms with Crippen molar-refractivity contribution in [2.45, 2.75) is 39.4 Å². The lowest BCUT2D eigenvalue weighted by Crippen LogP contribution is -2.33. The van der Waals surface area contributed by atoms with Gasteiger partial charge in [-0.2, -0.15) is 0 Å². The van der Waals surface area contributed by atoms with E-state index in [0.717, 1.165) is 18.2 Å². The summed E-state index contributed by atoms with van der Waals surface area (Å²) < 4.78 is 0. The smallest absolute Gasteiger partial charge is 0.196 e. The highest BCUT2D eigenvalue weighted by Crippen LogP contribution is 2.36. The van der Waals surface area contributed by atoms with Gasteiger partial charge in [0.15, 0.2) is 11.6 Å². The number of hydrogen-bond donors (Lipinski definition) is 4. The summed E-state index contributed by atoms with van der Waals surface area (Å²) in [6, 6.07) is 2.23. The number of fused-ring (bicyclic) bond motifs is 1. The van der Waals surface area contributed by atoms with Crippen LogP contribution in [0.25, 0.3) is 0 Å². The molecule has 124 valence electrons. The molecule has 2 rings (SSSR count). The summed E-state index contributed by atoms with van der Waals surface area (Å²) in [5.74, 6) is -2.25. The van der Waals surface area contributed by atoms with Crippen LogP contribution in [0.3, 0.4) is 0 Å². The summed E-state index contributed by atoms with van der Waals surface area (Å²) in [5, 5.41) is 39.9. The summed E-state index contributed by atoms with van der Waals surface area (Å²) in [5.41, 5.74) is -1.30. The van der Waals surface area contributed by atoms with E-state index in [0.29, 0.717) is 0 Å². The number of phenols is 2. The average molecular weight is 320 g/mol. The van der Waals surface area contributed by atoms with Crippen LogP contribution in [0, 0.1) is 5.41 Å². The van der Waals surface area contributed by atoms with Gasteiger partial charge in [-0.15, -0.1) is 0 Å². The highest BCUT2D eigenvalue weighted by Gasteiger charge is 2.35. The molecule has 1 aliphatic rings. The molecule has 0 amide bonds. The highest BCUT2D eigenvalue weighted by molar-refractivity contribution is 6.26. The first kappa shape index (κ1) is 17.2. The Morgan fingerprint density at radius 1 is 1.00 bits per heavy atom. The Bertz CT molecular complexity index is 696. The molecule has 0 saturated carbocycles. The molecule has 0 bridgehead atoms. The monoisotopic (exact) mass is 320 g/mol. The summed E-state index contributed by atoms with van der Waals surface area (Å²) in [4.78, 5) is 24.6. The minimum Gasteiger partial charge on any atom is -0.507 e. The zero-order chi connectivity index (χ0) is 17.5. The molecule has 6 heteroatoms. The van der Waals surface area contributed by atoms with Gasteiger partial charge in [-0.1, -0.05) is 20.8 Å². The molecule has 6 nitrogen and oxygen atoms in total. The standard InChI is InChI=1S/C17H20O6/c1-17(2,3)13(22)7-11(20)8-6-12(21)14-9(18)4-5-10(19)15(14)16(8)23/h4-6,11,13,18-20,22H,7H2,1-3H3. The third-order valence-electron chi connectivity index (χ3n) is 3.99. The van der Waals surface area contributed by atoms with E-state index in [4.69, 9.17) is 0 Å². The van der Waals surface area contributed by atoms with Gasteiger partial charge in [-0.05, 0) is 23.6 Å². The number of phenolic OH excluding ortho intramolecular Hbond substituents is 2. The first-order valence-electron chi connectivity index (χ1n) is 7.25. The predicted octanol–water partition coefficient (Wildman–Crippen LogP) is 1.56. The number of Topliss-reactive ketones (excluding diaryl/α,β-unsaturated/α-hetero) is 1. The second-order valence-corrected chi connectivity index (χ2v) is 6.78. The molecule has 1 aromatic carbocycles. The van der Waals surface area contributed by atoms with Crippen molar-refractivity contribution in [2.75, 3.05) is 0 Å². The van der Waals surface area contributed by atoms with Crippen LogP contribution in [-0.2, 0) is 0 Å². The van der Waals surface area contributed by atoms with Gasteiger partial charge in [0.05, 0.1) is 23.3 Å². The van der Waals surface area contributed by atoms with E-state index < -0.39 is 40.7 Å². The van der Waals surface area contributed by atoms with Crippen LogP contribution < -0.4 is 0 Å². The summed E-state index contributed by atoms with van der Waals surface area (Å²) in [6.07, 6.45) is -1.41. The number of aliphatic hydroxyl groups excluding tert-OH is 2.